The number of thiazole rings is 1. The van der Waals surface area contributed by atoms with Crippen molar-refractivity contribution in [3.8, 4) is 0 Å². The van der Waals surface area contributed by atoms with E-state index >= 15 is 0 Å². The standard InChI is InChI=1S/C18H33N5S/c1-5-23-12-8-16(9-13-23)6-10-20-18(19-4)21-11-7-17-22-14(2)15(3)24-17/h16H,5-13H2,1-4H3,(H2,19,20,21). The molecule has 0 spiro atoms. The Bertz CT molecular complexity index is 498. The number of aromatic nitrogens is 1. The number of nitrogens with zero attached hydrogens (tertiary/aromatic N) is 3. The van der Waals surface area contributed by atoms with Crippen LogP contribution in [0.2, 0.25) is 0 Å². The molecular formula is C18H33N5S. The number of aryl methyl sites for hydroxylation is 2. The Kier molecular flexibility index (Phi) is 7.99. The van der Waals surface area contributed by atoms with Gasteiger partial charge >= 0.3 is 0 Å². The van der Waals surface area contributed by atoms with Crippen molar-refractivity contribution < 1.29 is 0 Å². The van der Waals surface area contributed by atoms with E-state index in [1.54, 1.807) is 11.3 Å². The first kappa shape index (κ1) is 19.2. The monoisotopic (exact) mass is 351 g/mol. The molecule has 2 rings (SSSR count). The van der Waals surface area contributed by atoms with E-state index in [4.69, 9.17) is 0 Å². The number of hydrogen-bond acceptors (Lipinski definition) is 4. The first-order valence-electron chi connectivity index (χ1n) is 9.22. The zero-order valence-corrected chi connectivity index (χ0v) is 16.5. The van der Waals surface area contributed by atoms with Crippen LogP contribution >= 0.6 is 11.3 Å². The summed E-state index contributed by atoms with van der Waals surface area (Å²) in [6.07, 6.45) is 4.87. The van der Waals surface area contributed by atoms with Gasteiger partial charge in [-0.3, -0.25) is 4.99 Å². The van der Waals surface area contributed by atoms with Crippen LogP contribution in [0.3, 0.4) is 0 Å². The molecule has 0 saturated carbocycles. The van der Waals surface area contributed by atoms with Gasteiger partial charge in [-0.1, -0.05) is 6.92 Å². The van der Waals surface area contributed by atoms with Gasteiger partial charge < -0.3 is 15.5 Å². The molecule has 1 aromatic heterocycles. The Labute approximate surface area is 151 Å². The van der Waals surface area contributed by atoms with Crippen LogP contribution in [0.15, 0.2) is 4.99 Å². The Balaban J connectivity index is 1.60. The minimum atomic E-state index is 0.861. The van der Waals surface area contributed by atoms with E-state index in [9.17, 15) is 0 Å². The molecule has 1 aliphatic rings. The molecule has 2 N–H and O–H groups in total. The van der Waals surface area contributed by atoms with Crippen LogP contribution in [-0.4, -0.2) is 55.6 Å². The molecule has 0 unspecified atom stereocenters. The molecule has 0 aromatic carbocycles. The quantitative estimate of drug-likeness (QED) is 0.586. The van der Waals surface area contributed by atoms with Crippen molar-refractivity contribution in [2.45, 2.75) is 46.5 Å². The predicted octanol–water partition coefficient (Wildman–Crippen LogP) is 2.59. The fourth-order valence-electron chi connectivity index (χ4n) is 3.14. The molecule has 1 aromatic rings. The van der Waals surface area contributed by atoms with E-state index < -0.39 is 0 Å². The van der Waals surface area contributed by atoms with E-state index in [0.29, 0.717) is 0 Å². The minimum Gasteiger partial charge on any atom is -0.356 e. The number of piperidine rings is 1. The molecule has 0 atom stereocenters. The molecule has 5 nitrogen and oxygen atoms in total. The Morgan fingerprint density at radius 3 is 2.54 bits per heavy atom. The van der Waals surface area contributed by atoms with Crippen LogP contribution in [0.5, 0.6) is 0 Å². The summed E-state index contributed by atoms with van der Waals surface area (Å²) in [7, 11) is 1.84. The highest BCUT2D eigenvalue weighted by atomic mass is 32.1. The van der Waals surface area contributed by atoms with Crippen molar-refractivity contribution in [2.24, 2.45) is 10.9 Å². The van der Waals surface area contributed by atoms with Crippen molar-refractivity contribution in [3.05, 3.63) is 15.6 Å². The van der Waals surface area contributed by atoms with Crippen molar-refractivity contribution in [2.75, 3.05) is 39.8 Å². The third kappa shape index (κ3) is 6.06. The van der Waals surface area contributed by atoms with Gasteiger partial charge in [0.05, 0.1) is 10.7 Å². The predicted molar refractivity (Wildman–Crippen MR) is 104 cm³/mol. The summed E-state index contributed by atoms with van der Waals surface area (Å²) >= 11 is 1.80. The SMILES string of the molecule is CCN1CCC(CCNC(=NC)NCCc2nc(C)c(C)s2)CC1. The summed E-state index contributed by atoms with van der Waals surface area (Å²) in [5.74, 6) is 1.77. The normalized spacial score (nSPS) is 17.2. The Hall–Kier alpha value is -1.14. The summed E-state index contributed by atoms with van der Waals surface area (Å²) in [6, 6.07) is 0. The van der Waals surface area contributed by atoms with E-state index in [1.807, 2.05) is 7.05 Å². The van der Waals surface area contributed by atoms with Crippen molar-refractivity contribution in [3.63, 3.8) is 0 Å². The highest BCUT2D eigenvalue weighted by molar-refractivity contribution is 7.11. The largest absolute Gasteiger partial charge is 0.356 e. The van der Waals surface area contributed by atoms with Crippen LogP contribution < -0.4 is 10.6 Å². The maximum Gasteiger partial charge on any atom is 0.190 e. The zero-order valence-electron chi connectivity index (χ0n) is 15.7. The number of hydrogen-bond donors (Lipinski definition) is 2. The van der Waals surface area contributed by atoms with E-state index in [1.165, 1.54) is 48.8 Å². The van der Waals surface area contributed by atoms with Gasteiger partial charge in [0.25, 0.3) is 0 Å². The van der Waals surface area contributed by atoms with Crippen molar-refractivity contribution >= 4 is 17.3 Å². The zero-order chi connectivity index (χ0) is 17.4. The molecule has 136 valence electrons. The molecule has 24 heavy (non-hydrogen) atoms. The first-order chi connectivity index (χ1) is 11.6. The lowest BCUT2D eigenvalue weighted by Crippen LogP contribution is -2.40. The third-order valence-electron chi connectivity index (χ3n) is 4.93. The molecular weight excluding hydrogens is 318 g/mol. The fraction of sp³-hybridized carbons (Fsp3) is 0.778. The van der Waals surface area contributed by atoms with Crippen LogP contribution in [-0.2, 0) is 6.42 Å². The number of nitrogens with one attached hydrogen (secondary N) is 2. The van der Waals surface area contributed by atoms with E-state index in [2.05, 4.69) is 46.3 Å². The molecule has 0 aliphatic carbocycles. The number of guanidine groups is 1. The van der Waals surface area contributed by atoms with Gasteiger partial charge in [-0.2, -0.15) is 0 Å². The lowest BCUT2D eigenvalue weighted by atomic mass is 9.93. The minimum absolute atomic E-state index is 0.861. The number of aliphatic imine (C=N–C) groups is 1. The van der Waals surface area contributed by atoms with Crippen LogP contribution in [0, 0.1) is 19.8 Å². The highest BCUT2D eigenvalue weighted by Crippen LogP contribution is 2.19. The Morgan fingerprint density at radius 1 is 1.25 bits per heavy atom. The average Bonchev–Trinajstić information content (AvgIpc) is 2.92. The lowest BCUT2D eigenvalue weighted by Gasteiger charge is -2.31. The summed E-state index contributed by atoms with van der Waals surface area (Å²) < 4.78 is 0. The third-order valence-corrected chi connectivity index (χ3v) is 6.06. The summed E-state index contributed by atoms with van der Waals surface area (Å²) in [4.78, 5) is 12.8. The molecule has 0 bridgehead atoms. The van der Waals surface area contributed by atoms with Gasteiger partial charge in [0.1, 0.15) is 0 Å². The fourth-order valence-corrected chi connectivity index (χ4v) is 4.07. The van der Waals surface area contributed by atoms with Crippen LogP contribution in [0.25, 0.3) is 0 Å². The molecule has 0 radical (unpaired) electrons. The topological polar surface area (TPSA) is 52.5 Å². The van der Waals surface area contributed by atoms with Gasteiger partial charge in [-0.05, 0) is 58.7 Å². The van der Waals surface area contributed by atoms with Gasteiger partial charge in [0, 0.05) is 31.4 Å². The molecule has 1 fully saturated rings. The van der Waals surface area contributed by atoms with Crippen molar-refractivity contribution in [1.82, 2.24) is 20.5 Å². The van der Waals surface area contributed by atoms with E-state index in [0.717, 1.165) is 37.1 Å². The number of likely N-dealkylation sites (tertiary alicyclic amines) is 1. The van der Waals surface area contributed by atoms with Gasteiger partial charge in [-0.25, -0.2) is 4.98 Å². The molecule has 6 heteroatoms. The second-order valence-electron chi connectivity index (χ2n) is 6.59. The Morgan fingerprint density at radius 2 is 1.96 bits per heavy atom. The second kappa shape index (κ2) is 9.99. The van der Waals surface area contributed by atoms with Crippen LogP contribution in [0.4, 0.5) is 0 Å². The molecule has 0 amide bonds. The van der Waals surface area contributed by atoms with Gasteiger partial charge in [0.15, 0.2) is 5.96 Å². The molecule has 1 aliphatic heterocycles. The van der Waals surface area contributed by atoms with E-state index in [-0.39, 0.29) is 0 Å². The van der Waals surface area contributed by atoms with Gasteiger partial charge in [0.2, 0.25) is 0 Å². The average molecular weight is 352 g/mol. The van der Waals surface area contributed by atoms with Crippen molar-refractivity contribution in [1.29, 1.82) is 0 Å². The maximum atomic E-state index is 4.58. The summed E-state index contributed by atoms with van der Waals surface area (Å²) in [5.41, 5.74) is 1.16. The smallest absolute Gasteiger partial charge is 0.190 e. The van der Waals surface area contributed by atoms with Crippen LogP contribution in [0.1, 0.15) is 41.8 Å². The molecule has 2 heterocycles. The summed E-state index contributed by atoms with van der Waals surface area (Å²) in [6.45, 7) is 12.1. The highest BCUT2D eigenvalue weighted by Gasteiger charge is 2.17. The molecule has 1 saturated heterocycles. The van der Waals surface area contributed by atoms with Gasteiger partial charge in [-0.15, -0.1) is 11.3 Å². The second-order valence-corrected chi connectivity index (χ2v) is 7.88. The lowest BCUT2D eigenvalue weighted by molar-refractivity contribution is 0.187. The first-order valence-corrected chi connectivity index (χ1v) is 10.0. The summed E-state index contributed by atoms with van der Waals surface area (Å²) in [5, 5.41) is 8.06. The maximum absolute atomic E-state index is 4.58. The number of rotatable bonds is 7.